The molecule has 0 spiro atoms. The van der Waals surface area contributed by atoms with Gasteiger partial charge in [-0.3, -0.25) is 4.90 Å². The van der Waals surface area contributed by atoms with E-state index < -0.39 is 0 Å². The molecule has 0 radical (unpaired) electrons. The van der Waals surface area contributed by atoms with E-state index in [1.165, 1.54) is 4.88 Å². The number of carbonyl (C=O) groups excluding carboxylic acids is 1. The van der Waals surface area contributed by atoms with Gasteiger partial charge in [-0.05, 0) is 36.3 Å². The Labute approximate surface area is 172 Å². The van der Waals surface area contributed by atoms with E-state index in [9.17, 15) is 4.79 Å². The SMILES string of the molecule is CCCOc1ccccc1-c1ncc(CN2C[C@H](C=O)C[C@@H](C(C)(C)C)C2)s1. The molecule has 1 aromatic heterocycles. The predicted molar refractivity (Wildman–Crippen MR) is 116 cm³/mol. The van der Waals surface area contributed by atoms with Gasteiger partial charge < -0.3 is 9.53 Å². The van der Waals surface area contributed by atoms with Gasteiger partial charge in [-0.1, -0.05) is 39.8 Å². The van der Waals surface area contributed by atoms with Gasteiger partial charge in [-0.25, -0.2) is 4.98 Å². The maximum atomic E-state index is 11.5. The number of carbonyl (C=O) groups is 1. The zero-order valence-corrected chi connectivity index (χ0v) is 18.3. The highest BCUT2D eigenvalue weighted by Crippen LogP contribution is 2.37. The molecule has 0 unspecified atom stereocenters. The van der Waals surface area contributed by atoms with Crippen LogP contribution in [0.4, 0.5) is 0 Å². The van der Waals surface area contributed by atoms with E-state index in [2.05, 4.69) is 43.6 Å². The summed E-state index contributed by atoms with van der Waals surface area (Å²) in [5.41, 5.74) is 1.28. The average Bonchev–Trinajstić information content (AvgIpc) is 3.13. The number of ether oxygens (including phenoxy) is 1. The van der Waals surface area contributed by atoms with Crippen molar-refractivity contribution in [1.82, 2.24) is 9.88 Å². The largest absolute Gasteiger partial charge is 0.493 e. The molecule has 28 heavy (non-hydrogen) atoms. The van der Waals surface area contributed by atoms with Gasteiger partial charge in [0, 0.05) is 36.6 Å². The van der Waals surface area contributed by atoms with Gasteiger partial charge in [0.2, 0.25) is 0 Å². The average molecular weight is 401 g/mol. The summed E-state index contributed by atoms with van der Waals surface area (Å²) in [6.45, 7) is 12.4. The Hall–Kier alpha value is -1.72. The van der Waals surface area contributed by atoms with E-state index in [4.69, 9.17) is 4.74 Å². The third-order valence-electron chi connectivity index (χ3n) is 5.49. The highest BCUT2D eigenvalue weighted by molar-refractivity contribution is 7.15. The van der Waals surface area contributed by atoms with E-state index in [1.54, 1.807) is 11.3 Å². The van der Waals surface area contributed by atoms with Gasteiger partial charge >= 0.3 is 0 Å². The Morgan fingerprint density at radius 2 is 2.07 bits per heavy atom. The van der Waals surface area contributed by atoms with Crippen LogP contribution < -0.4 is 4.74 Å². The van der Waals surface area contributed by atoms with Crippen LogP contribution in [0.2, 0.25) is 0 Å². The van der Waals surface area contributed by atoms with Crippen molar-refractivity contribution in [3.05, 3.63) is 35.3 Å². The lowest BCUT2D eigenvalue weighted by Crippen LogP contribution is -2.44. The fourth-order valence-electron chi connectivity index (χ4n) is 3.79. The molecule has 1 aromatic carbocycles. The fraction of sp³-hybridized carbons (Fsp3) is 0.565. The quantitative estimate of drug-likeness (QED) is 0.593. The molecule has 0 amide bonds. The number of aromatic nitrogens is 1. The molecule has 1 fully saturated rings. The number of benzene rings is 1. The number of hydrogen-bond acceptors (Lipinski definition) is 5. The molecule has 2 heterocycles. The van der Waals surface area contributed by atoms with E-state index >= 15 is 0 Å². The maximum Gasteiger partial charge on any atom is 0.129 e. The summed E-state index contributed by atoms with van der Waals surface area (Å²) < 4.78 is 5.90. The topological polar surface area (TPSA) is 42.4 Å². The predicted octanol–water partition coefficient (Wildman–Crippen LogP) is 5.28. The number of piperidine rings is 1. The normalized spacial score (nSPS) is 20.9. The van der Waals surface area contributed by atoms with Gasteiger partial charge in [-0.15, -0.1) is 11.3 Å². The number of nitrogens with zero attached hydrogens (tertiary/aromatic N) is 2. The molecule has 0 saturated carbocycles. The van der Waals surface area contributed by atoms with Crippen LogP contribution in [-0.2, 0) is 11.3 Å². The van der Waals surface area contributed by atoms with E-state index in [1.807, 2.05) is 24.4 Å². The number of thiazole rings is 1. The Morgan fingerprint density at radius 1 is 1.29 bits per heavy atom. The summed E-state index contributed by atoms with van der Waals surface area (Å²) in [6.07, 6.45) is 5.11. The van der Waals surface area contributed by atoms with Crippen LogP contribution in [0.5, 0.6) is 5.75 Å². The molecule has 3 rings (SSSR count). The molecule has 152 valence electrons. The third kappa shape index (κ3) is 5.21. The first-order valence-electron chi connectivity index (χ1n) is 10.2. The smallest absolute Gasteiger partial charge is 0.129 e. The molecule has 0 N–H and O–H groups in total. The van der Waals surface area contributed by atoms with Gasteiger partial charge in [-0.2, -0.15) is 0 Å². The Bertz CT molecular complexity index is 781. The summed E-state index contributed by atoms with van der Waals surface area (Å²) in [7, 11) is 0. The highest BCUT2D eigenvalue weighted by Gasteiger charge is 2.34. The minimum absolute atomic E-state index is 0.133. The molecule has 2 aromatic rings. The summed E-state index contributed by atoms with van der Waals surface area (Å²) in [4.78, 5) is 19.8. The molecule has 2 atom stereocenters. The molecule has 0 bridgehead atoms. The lowest BCUT2D eigenvalue weighted by Gasteiger charge is -2.41. The summed E-state index contributed by atoms with van der Waals surface area (Å²) in [6, 6.07) is 8.12. The molecule has 1 aliphatic heterocycles. The summed E-state index contributed by atoms with van der Waals surface area (Å²) in [5.74, 6) is 1.57. The van der Waals surface area contributed by atoms with E-state index in [0.717, 1.165) is 55.1 Å². The van der Waals surface area contributed by atoms with Crippen molar-refractivity contribution in [3.63, 3.8) is 0 Å². The van der Waals surface area contributed by atoms with Crippen LogP contribution in [0.25, 0.3) is 10.6 Å². The number of aldehydes is 1. The Balaban J connectivity index is 1.73. The minimum Gasteiger partial charge on any atom is -0.493 e. The van der Waals surface area contributed by atoms with Crippen molar-refractivity contribution in [1.29, 1.82) is 0 Å². The highest BCUT2D eigenvalue weighted by atomic mass is 32.1. The van der Waals surface area contributed by atoms with E-state index in [-0.39, 0.29) is 11.3 Å². The minimum atomic E-state index is 0.133. The van der Waals surface area contributed by atoms with Crippen LogP contribution in [0.3, 0.4) is 0 Å². The number of hydrogen-bond donors (Lipinski definition) is 0. The second-order valence-corrected chi connectivity index (χ2v) is 9.98. The first kappa shape index (κ1) is 21.0. The number of likely N-dealkylation sites (tertiary alicyclic amines) is 1. The second-order valence-electron chi connectivity index (χ2n) is 8.87. The van der Waals surface area contributed by atoms with Crippen LogP contribution in [-0.4, -0.2) is 35.9 Å². The standard InChI is InChI=1S/C23H32N2O2S/c1-5-10-27-21-9-7-6-8-20(21)22-24-12-19(28-22)15-25-13-17(16-26)11-18(14-25)23(2,3)4/h6-9,12,16-18H,5,10-11,13-15H2,1-4H3/t17-,18-/m1/s1. The first-order valence-corrected chi connectivity index (χ1v) is 11.1. The van der Waals surface area contributed by atoms with E-state index in [0.29, 0.717) is 12.5 Å². The Kier molecular flexibility index (Phi) is 6.89. The Morgan fingerprint density at radius 3 is 2.79 bits per heavy atom. The number of rotatable bonds is 7. The van der Waals surface area contributed by atoms with Gasteiger partial charge in [0.15, 0.2) is 0 Å². The second kappa shape index (κ2) is 9.19. The lowest BCUT2D eigenvalue weighted by atomic mass is 9.73. The molecule has 0 aliphatic carbocycles. The fourth-order valence-corrected chi connectivity index (χ4v) is 4.78. The van der Waals surface area contributed by atoms with Gasteiger partial charge in [0.25, 0.3) is 0 Å². The summed E-state index contributed by atoms with van der Waals surface area (Å²) in [5, 5.41) is 0.998. The van der Waals surface area contributed by atoms with Crippen LogP contribution in [0, 0.1) is 17.3 Å². The van der Waals surface area contributed by atoms with Crippen molar-refractivity contribution in [2.24, 2.45) is 17.3 Å². The molecule has 1 aliphatic rings. The molecular formula is C23H32N2O2S. The molecular weight excluding hydrogens is 368 g/mol. The van der Waals surface area contributed by atoms with Crippen LogP contribution in [0.1, 0.15) is 45.4 Å². The van der Waals surface area contributed by atoms with Crippen molar-refractivity contribution in [2.75, 3.05) is 19.7 Å². The summed E-state index contributed by atoms with van der Waals surface area (Å²) >= 11 is 1.72. The third-order valence-corrected chi connectivity index (χ3v) is 6.50. The molecule has 5 heteroatoms. The van der Waals surface area contributed by atoms with Gasteiger partial charge in [0.05, 0.1) is 12.2 Å². The zero-order valence-electron chi connectivity index (χ0n) is 17.5. The van der Waals surface area contributed by atoms with Gasteiger partial charge in [0.1, 0.15) is 17.0 Å². The molecule has 4 nitrogen and oxygen atoms in total. The van der Waals surface area contributed by atoms with Crippen LogP contribution >= 0.6 is 11.3 Å². The van der Waals surface area contributed by atoms with Crippen LogP contribution in [0.15, 0.2) is 30.5 Å². The monoisotopic (exact) mass is 400 g/mol. The van der Waals surface area contributed by atoms with Crippen molar-refractivity contribution in [2.45, 2.75) is 47.1 Å². The molecule has 1 saturated heterocycles. The first-order chi connectivity index (χ1) is 13.4. The van der Waals surface area contributed by atoms with Crippen molar-refractivity contribution < 1.29 is 9.53 Å². The zero-order chi connectivity index (χ0) is 20.1. The number of para-hydroxylation sites is 1. The van der Waals surface area contributed by atoms with Crippen molar-refractivity contribution >= 4 is 17.6 Å². The maximum absolute atomic E-state index is 11.5. The lowest BCUT2D eigenvalue weighted by molar-refractivity contribution is -0.114. The van der Waals surface area contributed by atoms with Crippen molar-refractivity contribution in [3.8, 4) is 16.3 Å².